The van der Waals surface area contributed by atoms with E-state index in [1.807, 2.05) is 0 Å². The van der Waals surface area contributed by atoms with Gasteiger partial charge in [0.25, 0.3) is 0 Å². The summed E-state index contributed by atoms with van der Waals surface area (Å²) in [5.74, 6) is 0. The molecule has 0 aromatic heterocycles. The first-order valence-corrected chi connectivity index (χ1v) is 6.38. The number of ether oxygens (including phenoxy) is 1. The Balaban J connectivity index is 1.85. The van der Waals surface area contributed by atoms with Gasteiger partial charge in [-0.1, -0.05) is 30.3 Å². The van der Waals surface area contributed by atoms with Crippen molar-refractivity contribution in [2.24, 2.45) is 0 Å². The van der Waals surface area contributed by atoms with Crippen molar-refractivity contribution in [2.45, 2.75) is 12.8 Å². The van der Waals surface area contributed by atoms with Crippen LogP contribution in [0.4, 0.5) is 0 Å². The van der Waals surface area contributed by atoms with Crippen molar-refractivity contribution in [1.82, 2.24) is 10.6 Å². The van der Waals surface area contributed by atoms with Gasteiger partial charge in [0.15, 0.2) is 0 Å². The van der Waals surface area contributed by atoms with Crippen molar-refractivity contribution < 1.29 is 4.74 Å². The van der Waals surface area contributed by atoms with Crippen LogP contribution in [0.2, 0.25) is 0 Å². The molecule has 1 rings (SSSR count). The van der Waals surface area contributed by atoms with E-state index in [0.717, 1.165) is 39.2 Å². The van der Waals surface area contributed by atoms with Crippen LogP contribution in [-0.2, 0) is 11.2 Å². The van der Waals surface area contributed by atoms with Gasteiger partial charge in [0.2, 0.25) is 0 Å². The molecule has 96 valence electrons. The number of aryl methyl sites for hydroxylation is 1. The minimum atomic E-state index is 0.786. The van der Waals surface area contributed by atoms with Crippen LogP contribution in [0.1, 0.15) is 12.0 Å². The summed E-state index contributed by atoms with van der Waals surface area (Å²) in [5.41, 5.74) is 1.42. The standard InChI is InChI=1S/C14H24N2O/c1-17-13-12-16-11-10-15-9-5-8-14-6-3-2-4-7-14/h2-4,6-7,15-16H,5,8-13H2,1H3. The highest BCUT2D eigenvalue weighted by molar-refractivity contribution is 5.14. The third-order valence-corrected chi connectivity index (χ3v) is 2.62. The second kappa shape index (κ2) is 10.3. The molecule has 3 heteroatoms. The van der Waals surface area contributed by atoms with Crippen LogP contribution in [0.5, 0.6) is 0 Å². The first kappa shape index (κ1) is 14.2. The van der Waals surface area contributed by atoms with Gasteiger partial charge in [0.1, 0.15) is 0 Å². The van der Waals surface area contributed by atoms with E-state index in [-0.39, 0.29) is 0 Å². The lowest BCUT2D eigenvalue weighted by atomic mass is 10.1. The van der Waals surface area contributed by atoms with E-state index in [1.54, 1.807) is 7.11 Å². The molecule has 1 aromatic carbocycles. The van der Waals surface area contributed by atoms with Crippen molar-refractivity contribution in [3.63, 3.8) is 0 Å². The minimum Gasteiger partial charge on any atom is -0.383 e. The molecule has 0 unspecified atom stereocenters. The van der Waals surface area contributed by atoms with Gasteiger partial charge in [0.05, 0.1) is 6.61 Å². The van der Waals surface area contributed by atoms with Crippen molar-refractivity contribution in [3.05, 3.63) is 35.9 Å². The monoisotopic (exact) mass is 236 g/mol. The Morgan fingerprint density at radius 1 is 0.941 bits per heavy atom. The second-order valence-corrected chi connectivity index (χ2v) is 4.08. The predicted molar refractivity (Wildman–Crippen MR) is 72.4 cm³/mol. The quantitative estimate of drug-likeness (QED) is 0.603. The van der Waals surface area contributed by atoms with E-state index < -0.39 is 0 Å². The molecule has 0 aliphatic carbocycles. The molecule has 0 radical (unpaired) electrons. The van der Waals surface area contributed by atoms with Gasteiger partial charge >= 0.3 is 0 Å². The smallest absolute Gasteiger partial charge is 0.0587 e. The highest BCUT2D eigenvalue weighted by Gasteiger charge is 1.92. The van der Waals surface area contributed by atoms with Gasteiger partial charge < -0.3 is 15.4 Å². The molecule has 0 heterocycles. The van der Waals surface area contributed by atoms with Gasteiger partial charge in [-0.05, 0) is 24.9 Å². The lowest BCUT2D eigenvalue weighted by Crippen LogP contribution is -2.30. The Labute approximate surface area is 105 Å². The highest BCUT2D eigenvalue weighted by atomic mass is 16.5. The average Bonchev–Trinajstić information content (AvgIpc) is 2.38. The second-order valence-electron chi connectivity index (χ2n) is 4.08. The number of benzene rings is 1. The van der Waals surface area contributed by atoms with Crippen LogP contribution in [0.3, 0.4) is 0 Å². The zero-order valence-corrected chi connectivity index (χ0v) is 10.7. The molecule has 2 N–H and O–H groups in total. The maximum Gasteiger partial charge on any atom is 0.0587 e. The number of methoxy groups -OCH3 is 1. The van der Waals surface area contributed by atoms with E-state index in [4.69, 9.17) is 4.74 Å². The summed E-state index contributed by atoms with van der Waals surface area (Å²) in [7, 11) is 1.73. The van der Waals surface area contributed by atoms with Crippen LogP contribution in [0, 0.1) is 0 Å². The van der Waals surface area contributed by atoms with E-state index in [0.29, 0.717) is 0 Å². The van der Waals surface area contributed by atoms with E-state index in [1.165, 1.54) is 12.0 Å². The summed E-state index contributed by atoms with van der Waals surface area (Å²) in [4.78, 5) is 0. The fourth-order valence-electron chi connectivity index (χ4n) is 1.66. The molecule has 0 aliphatic rings. The zero-order valence-electron chi connectivity index (χ0n) is 10.7. The fraction of sp³-hybridized carbons (Fsp3) is 0.571. The Morgan fingerprint density at radius 2 is 1.65 bits per heavy atom. The number of hydrogen-bond acceptors (Lipinski definition) is 3. The summed E-state index contributed by atoms with van der Waals surface area (Å²) in [6, 6.07) is 10.6. The molecule has 0 bridgehead atoms. The summed E-state index contributed by atoms with van der Waals surface area (Å²) in [6.07, 6.45) is 2.35. The molecule has 3 nitrogen and oxygen atoms in total. The van der Waals surface area contributed by atoms with Gasteiger partial charge in [-0.25, -0.2) is 0 Å². The average molecular weight is 236 g/mol. The molecule has 0 saturated carbocycles. The maximum atomic E-state index is 4.95. The molecule has 0 aliphatic heterocycles. The van der Waals surface area contributed by atoms with Crippen LogP contribution in [0.15, 0.2) is 30.3 Å². The molecule has 0 atom stereocenters. The lowest BCUT2D eigenvalue weighted by molar-refractivity contribution is 0.199. The number of nitrogens with one attached hydrogen (secondary N) is 2. The van der Waals surface area contributed by atoms with E-state index in [2.05, 4.69) is 41.0 Å². The topological polar surface area (TPSA) is 33.3 Å². The fourth-order valence-corrected chi connectivity index (χ4v) is 1.66. The molecule has 0 amide bonds. The molecular formula is C14H24N2O. The summed E-state index contributed by atoms with van der Waals surface area (Å²) in [5, 5.41) is 6.74. The maximum absolute atomic E-state index is 4.95. The first-order chi connectivity index (χ1) is 8.43. The zero-order chi connectivity index (χ0) is 12.2. The normalized spacial score (nSPS) is 10.6. The highest BCUT2D eigenvalue weighted by Crippen LogP contribution is 2.01. The summed E-state index contributed by atoms with van der Waals surface area (Å²) >= 11 is 0. The molecule has 0 spiro atoms. The van der Waals surface area contributed by atoms with Gasteiger partial charge in [-0.2, -0.15) is 0 Å². The largest absolute Gasteiger partial charge is 0.383 e. The SMILES string of the molecule is COCCNCCNCCCc1ccccc1. The molecule has 17 heavy (non-hydrogen) atoms. The predicted octanol–water partition coefficient (Wildman–Crippen LogP) is 1.44. The number of hydrogen-bond donors (Lipinski definition) is 2. The summed E-state index contributed by atoms with van der Waals surface area (Å²) < 4.78 is 4.95. The molecule has 0 saturated heterocycles. The Morgan fingerprint density at radius 3 is 2.35 bits per heavy atom. The van der Waals surface area contributed by atoms with Crippen LogP contribution < -0.4 is 10.6 Å². The van der Waals surface area contributed by atoms with Gasteiger partial charge in [-0.15, -0.1) is 0 Å². The van der Waals surface area contributed by atoms with E-state index >= 15 is 0 Å². The van der Waals surface area contributed by atoms with Crippen molar-refractivity contribution in [1.29, 1.82) is 0 Å². The third-order valence-electron chi connectivity index (χ3n) is 2.62. The van der Waals surface area contributed by atoms with Crippen molar-refractivity contribution in [3.8, 4) is 0 Å². The Kier molecular flexibility index (Phi) is 8.55. The Bertz CT molecular complexity index is 264. The first-order valence-electron chi connectivity index (χ1n) is 6.38. The van der Waals surface area contributed by atoms with Crippen LogP contribution in [0.25, 0.3) is 0 Å². The van der Waals surface area contributed by atoms with Crippen molar-refractivity contribution >= 4 is 0 Å². The van der Waals surface area contributed by atoms with Crippen LogP contribution in [-0.4, -0.2) is 39.9 Å². The van der Waals surface area contributed by atoms with Crippen molar-refractivity contribution in [2.75, 3.05) is 39.9 Å². The Hall–Kier alpha value is -0.900. The molecule has 0 fully saturated rings. The molecule has 1 aromatic rings. The van der Waals surface area contributed by atoms with E-state index in [9.17, 15) is 0 Å². The number of rotatable bonds is 10. The summed E-state index contributed by atoms with van der Waals surface area (Å²) in [6.45, 7) is 4.84. The lowest BCUT2D eigenvalue weighted by Gasteiger charge is -2.06. The van der Waals surface area contributed by atoms with Gasteiger partial charge in [0, 0.05) is 26.7 Å². The third kappa shape index (κ3) is 7.91. The van der Waals surface area contributed by atoms with Gasteiger partial charge in [-0.3, -0.25) is 0 Å². The minimum absolute atomic E-state index is 0.786. The van der Waals surface area contributed by atoms with Crippen LogP contribution >= 0.6 is 0 Å². The molecular weight excluding hydrogens is 212 g/mol.